The first-order valence-electron chi connectivity index (χ1n) is 6.90. The van der Waals surface area contributed by atoms with Crippen LogP contribution in [0.2, 0.25) is 0 Å². The lowest BCUT2D eigenvalue weighted by Crippen LogP contribution is -2.30. The van der Waals surface area contributed by atoms with Crippen LogP contribution < -0.4 is 5.32 Å². The minimum Gasteiger partial charge on any atom is -0.480 e. The highest BCUT2D eigenvalue weighted by Crippen LogP contribution is 2.20. The minimum atomic E-state index is -0.858. The average Bonchev–Trinajstić information content (AvgIpc) is 2.86. The van der Waals surface area contributed by atoms with Gasteiger partial charge in [0.05, 0.1) is 0 Å². The van der Waals surface area contributed by atoms with Crippen LogP contribution in [0.3, 0.4) is 0 Å². The summed E-state index contributed by atoms with van der Waals surface area (Å²) < 4.78 is 0. The summed E-state index contributed by atoms with van der Waals surface area (Å²) in [4.78, 5) is 11.2. The van der Waals surface area contributed by atoms with Crippen LogP contribution in [0, 0.1) is 5.92 Å². The lowest BCUT2D eigenvalue weighted by molar-refractivity contribution is -0.138. The summed E-state index contributed by atoms with van der Waals surface area (Å²) in [6.45, 7) is 4.00. The molecule has 0 fully saturated rings. The van der Waals surface area contributed by atoms with Crippen molar-refractivity contribution in [3.8, 4) is 0 Å². The van der Waals surface area contributed by atoms with Crippen molar-refractivity contribution in [2.75, 3.05) is 5.32 Å². The van der Waals surface area contributed by atoms with E-state index < -0.39 is 12.0 Å². The van der Waals surface area contributed by atoms with Gasteiger partial charge in [0.15, 0.2) is 0 Å². The van der Waals surface area contributed by atoms with Gasteiger partial charge < -0.3 is 10.4 Å². The number of carboxylic acid groups (broad SMARTS) is 1. The van der Waals surface area contributed by atoms with Crippen LogP contribution in [0.15, 0.2) is 30.3 Å². The van der Waals surface area contributed by atoms with Crippen molar-refractivity contribution in [3.63, 3.8) is 0 Å². The number of aromatic nitrogens is 2. The Morgan fingerprint density at radius 3 is 2.62 bits per heavy atom. The van der Waals surface area contributed by atoms with E-state index in [4.69, 9.17) is 0 Å². The van der Waals surface area contributed by atoms with Crippen molar-refractivity contribution in [1.29, 1.82) is 0 Å². The van der Waals surface area contributed by atoms with E-state index in [2.05, 4.69) is 15.5 Å². The fourth-order valence-corrected chi connectivity index (χ4v) is 2.82. The van der Waals surface area contributed by atoms with E-state index in [-0.39, 0.29) is 0 Å². The van der Waals surface area contributed by atoms with Gasteiger partial charge in [0.25, 0.3) is 0 Å². The Balaban J connectivity index is 2.00. The van der Waals surface area contributed by atoms with E-state index in [9.17, 15) is 9.90 Å². The highest BCUT2D eigenvalue weighted by Gasteiger charge is 2.20. The molecule has 1 atom stereocenters. The second-order valence-electron chi connectivity index (χ2n) is 5.33. The molecule has 0 aliphatic heterocycles. The Morgan fingerprint density at radius 2 is 2.00 bits per heavy atom. The molecular weight excluding hydrogens is 286 g/mol. The van der Waals surface area contributed by atoms with Gasteiger partial charge >= 0.3 is 5.97 Å². The largest absolute Gasteiger partial charge is 0.480 e. The Kier molecular flexibility index (Phi) is 5.27. The van der Waals surface area contributed by atoms with Gasteiger partial charge in [-0.3, -0.25) is 0 Å². The number of rotatable bonds is 7. The number of hydrogen-bond acceptors (Lipinski definition) is 5. The van der Waals surface area contributed by atoms with Crippen molar-refractivity contribution in [3.05, 3.63) is 40.9 Å². The summed E-state index contributed by atoms with van der Waals surface area (Å²) in [6.07, 6.45) is 1.27. The summed E-state index contributed by atoms with van der Waals surface area (Å²) in [7, 11) is 0. The van der Waals surface area contributed by atoms with Gasteiger partial charge in [-0.05, 0) is 17.9 Å². The highest BCUT2D eigenvalue weighted by molar-refractivity contribution is 7.15. The molecule has 1 heterocycles. The van der Waals surface area contributed by atoms with Crippen LogP contribution in [0.4, 0.5) is 5.13 Å². The second-order valence-corrected chi connectivity index (χ2v) is 6.39. The monoisotopic (exact) mass is 305 g/mol. The molecule has 0 amide bonds. The van der Waals surface area contributed by atoms with Crippen LogP contribution in [0.5, 0.6) is 0 Å². The Bertz CT molecular complexity index is 584. The molecule has 0 bridgehead atoms. The molecule has 0 saturated heterocycles. The number of nitrogens with zero attached hydrogens (tertiary/aromatic N) is 2. The van der Waals surface area contributed by atoms with Crippen LogP contribution in [-0.2, 0) is 11.2 Å². The maximum atomic E-state index is 11.2. The summed E-state index contributed by atoms with van der Waals surface area (Å²) in [5, 5.41) is 21.8. The predicted octanol–water partition coefficient (Wildman–Crippen LogP) is 3.04. The fourth-order valence-electron chi connectivity index (χ4n) is 2.00. The number of nitrogens with one attached hydrogen (secondary N) is 1. The molecule has 6 heteroatoms. The molecule has 2 rings (SSSR count). The van der Waals surface area contributed by atoms with Gasteiger partial charge in [-0.1, -0.05) is 55.5 Å². The SMILES string of the molecule is CC(C)CC(Nc1nnc(Cc2ccccc2)s1)C(=O)O. The Labute approximate surface area is 128 Å². The van der Waals surface area contributed by atoms with Gasteiger partial charge in [-0.15, -0.1) is 10.2 Å². The number of hydrogen-bond donors (Lipinski definition) is 2. The lowest BCUT2D eigenvalue weighted by atomic mass is 10.0. The van der Waals surface area contributed by atoms with Crippen LogP contribution >= 0.6 is 11.3 Å². The smallest absolute Gasteiger partial charge is 0.326 e. The molecule has 1 aromatic carbocycles. The topological polar surface area (TPSA) is 75.1 Å². The third-order valence-corrected chi connectivity index (χ3v) is 3.82. The zero-order valence-corrected chi connectivity index (χ0v) is 12.9. The molecule has 0 saturated carbocycles. The molecule has 0 aliphatic rings. The average molecular weight is 305 g/mol. The van der Waals surface area contributed by atoms with Crippen molar-refractivity contribution >= 4 is 22.4 Å². The van der Waals surface area contributed by atoms with Gasteiger partial charge in [0.2, 0.25) is 5.13 Å². The zero-order chi connectivity index (χ0) is 15.2. The van der Waals surface area contributed by atoms with E-state index in [1.54, 1.807) is 0 Å². The number of benzene rings is 1. The highest BCUT2D eigenvalue weighted by atomic mass is 32.1. The number of anilines is 1. The molecule has 1 unspecified atom stereocenters. The van der Waals surface area contributed by atoms with Crippen molar-refractivity contribution in [1.82, 2.24) is 10.2 Å². The minimum absolute atomic E-state index is 0.301. The third-order valence-electron chi connectivity index (χ3n) is 2.97. The third kappa shape index (κ3) is 4.82. The molecule has 0 radical (unpaired) electrons. The molecule has 112 valence electrons. The summed E-state index contributed by atoms with van der Waals surface area (Å²) >= 11 is 1.40. The van der Waals surface area contributed by atoms with Crippen LogP contribution in [0.25, 0.3) is 0 Å². The number of carboxylic acids is 1. The maximum Gasteiger partial charge on any atom is 0.326 e. The molecule has 0 aliphatic carbocycles. The van der Waals surface area contributed by atoms with Crippen molar-refractivity contribution < 1.29 is 9.90 Å². The first-order valence-corrected chi connectivity index (χ1v) is 7.72. The first-order chi connectivity index (χ1) is 10.0. The van der Waals surface area contributed by atoms with Crippen molar-refractivity contribution in [2.45, 2.75) is 32.7 Å². The normalized spacial score (nSPS) is 12.3. The van der Waals surface area contributed by atoms with E-state index in [1.165, 1.54) is 11.3 Å². The first kappa shape index (κ1) is 15.4. The predicted molar refractivity (Wildman–Crippen MR) is 83.7 cm³/mol. The fraction of sp³-hybridized carbons (Fsp3) is 0.400. The van der Waals surface area contributed by atoms with Crippen LogP contribution in [-0.4, -0.2) is 27.3 Å². The molecule has 2 aromatic rings. The van der Waals surface area contributed by atoms with E-state index in [1.807, 2.05) is 44.2 Å². The van der Waals surface area contributed by atoms with E-state index >= 15 is 0 Å². The van der Waals surface area contributed by atoms with E-state index in [0.717, 1.165) is 10.6 Å². The summed E-state index contributed by atoms with van der Waals surface area (Å²) in [6, 6.07) is 9.39. The quantitative estimate of drug-likeness (QED) is 0.822. The second kappa shape index (κ2) is 7.17. The molecular formula is C15H19N3O2S. The maximum absolute atomic E-state index is 11.2. The van der Waals surface area contributed by atoms with E-state index in [0.29, 0.717) is 23.9 Å². The standard InChI is InChI=1S/C15H19N3O2S/c1-10(2)8-12(14(19)20)16-15-18-17-13(21-15)9-11-6-4-3-5-7-11/h3-7,10,12H,8-9H2,1-2H3,(H,16,18)(H,19,20). The number of aliphatic carboxylic acids is 1. The molecule has 2 N–H and O–H groups in total. The Morgan fingerprint density at radius 1 is 1.29 bits per heavy atom. The molecule has 5 nitrogen and oxygen atoms in total. The molecule has 0 spiro atoms. The van der Waals surface area contributed by atoms with Gasteiger partial charge in [0, 0.05) is 6.42 Å². The lowest BCUT2D eigenvalue weighted by Gasteiger charge is -2.14. The van der Waals surface area contributed by atoms with Crippen LogP contribution in [0.1, 0.15) is 30.8 Å². The summed E-state index contributed by atoms with van der Waals surface area (Å²) in [5.41, 5.74) is 1.16. The number of carbonyl (C=O) groups is 1. The van der Waals surface area contributed by atoms with Crippen molar-refractivity contribution in [2.24, 2.45) is 5.92 Å². The van der Waals surface area contributed by atoms with Gasteiger partial charge in [-0.25, -0.2) is 4.79 Å². The zero-order valence-electron chi connectivity index (χ0n) is 12.1. The summed E-state index contributed by atoms with van der Waals surface area (Å²) in [5.74, 6) is -0.557. The van der Waals surface area contributed by atoms with Gasteiger partial charge in [-0.2, -0.15) is 0 Å². The van der Waals surface area contributed by atoms with Gasteiger partial charge in [0.1, 0.15) is 11.0 Å². The Hall–Kier alpha value is -1.95. The molecule has 1 aromatic heterocycles. The molecule has 21 heavy (non-hydrogen) atoms.